The lowest BCUT2D eigenvalue weighted by Crippen LogP contribution is -2.49. The van der Waals surface area contributed by atoms with Gasteiger partial charge in [-0.05, 0) is 18.4 Å². The number of ether oxygens (including phenoxy) is 1. The maximum Gasteiger partial charge on any atom is 0.133 e. The fourth-order valence-corrected chi connectivity index (χ4v) is 4.05. The van der Waals surface area contributed by atoms with Crippen molar-refractivity contribution < 1.29 is 9.84 Å². The third-order valence-electron chi connectivity index (χ3n) is 3.07. The largest absolute Gasteiger partial charge is 0.395 e. The van der Waals surface area contributed by atoms with Crippen molar-refractivity contribution in [2.75, 3.05) is 19.8 Å². The van der Waals surface area contributed by atoms with Crippen molar-refractivity contribution >= 4 is 22.7 Å². The Bertz CT molecular complexity index is 509. The predicted octanol–water partition coefficient (Wildman–Crippen LogP) is 2.44. The Morgan fingerprint density at radius 3 is 2.88 bits per heavy atom. The number of hydrogen-bond donors (Lipinski definition) is 1. The van der Waals surface area contributed by atoms with Gasteiger partial charge in [0, 0.05) is 4.88 Å². The number of aliphatic hydroxyl groups is 1. The molecule has 0 spiro atoms. The van der Waals surface area contributed by atoms with E-state index in [1.54, 1.807) is 22.7 Å². The molecule has 2 aromatic rings. The van der Waals surface area contributed by atoms with Gasteiger partial charge >= 0.3 is 0 Å². The summed E-state index contributed by atoms with van der Waals surface area (Å²) in [5.41, 5.74) is 0.827. The molecule has 90 valence electrons. The highest BCUT2D eigenvalue weighted by Crippen LogP contribution is 2.41. The average molecular weight is 267 g/mol. The molecule has 1 aliphatic rings. The van der Waals surface area contributed by atoms with Gasteiger partial charge in [0.15, 0.2) is 0 Å². The van der Waals surface area contributed by atoms with Crippen LogP contribution in [0.4, 0.5) is 0 Å². The molecule has 0 bridgehead atoms. The molecule has 3 nitrogen and oxygen atoms in total. The fraction of sp³-hybridized carbons (Fsp3) is 0.417. The highest BCUT2D eigenvalue weighted by Gasteiger charge is 2.43. The van der Waals surface area contributed by atoms with Gasteiger partial charge in [0.1, 0.15) is 5.01 Å². The van der Waals surface area contributed by atoms with Crippen LogP contribution in [-0.2, 0) is 10.2 Å². The van der Waals surface area contributed by atoms with Gasteiger partial charge in [0.05, 0.1) is 35.8 Å². The summed E-state index contributed by atoms with van der Waals surface area (Å²) in [4.78, 5) is 6.98. The van der Waals surface area contributed by atoms with Crippen LogP contribution in [0.25, 0.3) is 9.88 Å². The summed E-state index contributed by atoms with van der Waals surface area (Å²) in [6.45, 7) is 3.37. The molecule has 0 atom stereocenters. The second-order valence-corrected chi connectivity index (χ2v) is 6.29. The van der Waals surface area contributed by atoms with Crippen molar-refractivity contribution in [2.45, 2.75) is 12.3 Å². The molecule has 0 aromatic carbocycles. The van der Waals surface area contributed by atoms with Crippen LogP contribution in [0, 0.1) is 6.92 Å². The normalized spacial score (nSPS) is 18.0. The summed E-state index contributed by atoms with van der Waals surface area (Å²) in [6.07, 6.45) is 0. The van der Waals surface area contributed by atoms with Crippen LogP contribution >= 0.6 is 22.7 Å². The van der Waals surface area contributed by atoms with Crippen LogP contribution in [0.2, 0.25) is 0 Å². The summed E-state index contributed by atoms with van der Waals surface area (Å²) in [6, 6.07) is 4.11. The van der Waals surface area contributed by atoms with Gasteiger partial charge in [0.25, 0.3) is 0 Å². The molecule has 1 aliphatic heterocycles. The summed E-state index contributed by atoms with van der Waals surface area (Å²) in [5, 5.41) is 12.7. The third kappa shape index (κ3) is 1.74. The van der Waals surface area contributed by atoms with E-state index in [1.165, 1.54) is 9.75 Å². The molecule has 0 unspecified atom stereocenters. The molecule has 2 aromatic heterocycles. The van der Waals surface area contributed by atoms with Crippen LogP contribution in [0.1, 0.15) is 10.6 Å². The van der Waals surface area contributed by atoms with E-state index in [0.717, 1.165) is 10.7 Å². The maximum absolute atomic E-state index is 9.56. The Kier molecular flexibility index (Phi) is 2.78. The van der Waals surface area contributed by atoms with Gasteiger partial charge in [-0.3, -0.25) is 0 Å². The lowest BCUT2D eigenvalue weighted by molar-refractivity contribution is -0.0827. The van der Waals surface area contributed by atoms with E-state index in [9.17, 15) is 5.11 Å². The predicted molar refractivity (Wildman–Crippen MR) is 69.7 cm³/mol. The van der Waals surface area contributed by atoms with Crippen LogP contribution < -0.4 is 0 Å². The Morgan fingerprint density at radius 2 is 2.35 bits per heavy atom. The van der Waals surface area contributed by atoms with Crippen LogP contribution in [0.15, 0.2) is 17.5 Å². The summed E-state index contributed by atoms with van der Waals surface area (Å²) >= 11 is 3.38. The molecule has 5 heteroatoms. The van der Waals surface area contributed by atoms with Crippen molar-refractivity contribution in [1.82, 2.24) is 4.98 Å². The van der Waals surface area contributed by atoms with Gasteiger partial charge in [-0.2, -0.15) is 0 Å². The molecule has 17 heavy (non-hydrogen) atoms. The smallest absolute Gasteiger partial charge is 0.133 e. The van der Waals surface area contributed by atoms with E-state index in [-0.39, 0.29) is 12.0 Å². The van der Waals surface area contributed by atoms with Crippen LogP contribution in [0.5, 0.6) is 0 Å². The van der Waals surface area contributed by atoms with Crippen LogP contribution in [-0.4, -0.2) is 29.9 Å². The first-order chi connectivity index (χ1) is 8.25. The van der Waals surface area contributed by atoms with Gasteiger partial charge in [-0.15, -0.1) is 22.7 Å². The zero-order valence-corrected chi connectivity index (χ0v) is 11.1. The van der Waals surface area contributed by atoms with Crippen molar-refractivity contribution in [3.8, 4) is 9.88 Å². The van der Waals surface area contributed by atoms with Crippen molar-refractivity contribution in [1.29, 1.82) is 0 Å². The number of hydrogen-bond acceptors (Lipinski definition) is 5. The second kappa shape index (κ2) is 4.17. The van der Waals surface area contributed by atoms with E-state index >= 15 is 0 Å². The number of aryl methyl sites for hydroxylation is 1. The molecular weight excluding hydrogens is 254 g/mol. The molecule has 0 saturated carbocycles. The Hall–Kier alpha value is -0.750. The molecule has 1 N–H and O–H groups in total. The zero-order valence-electron chi connectivity index (χ0n) is 9.47. The first-order valence-corrected chi connectivity index (χ1v) is 7.15. The minimum Gasteiger partial charge on any atom is -0.395 e. The number of thiophene rings is 1. The number of nitrogens with zero attached hydrogens (tertiary/aromatic N) is 1. The number of aliphatic hydroxyl groups excluding tert-OH is 1. The highest BCUT2D eigenvalue weighted by molar-refractivity contribution is 7.21. The van der Waals surface area contributed by atoms with E-state index in [1.807, 2.05) is 13.0 Å². The minimum absolute atomic E-state index is 0.139. The molecular formula is C12H13NO2S2. The highest BCUT2D eigenvalue weighted by atomic mass is 32.1. The Balaban J connectivity index is 2.02. The number of rotatable bonds is 3. The SMILES string of the molecule is Cc1nc(-c2cccs2)sc1C1(CO)COC1. The summed E-state index contributed by atoms with van der Waals surface area (Å²) < 4.78 is 5.26. The van der Waals surface area contributed by atoms with Crippen molar-refractivity contribution in [3.63, 3.8) is 0 Å². The Morgan fingerprint density at radius 1 is 1.53 bits per heavy atom. The molecule has 0 aliphatic carbocycles. The van der Waals surface area contributed by atoms with Crippen molar-refractivity contribution in [2.24, 2.45) is 0 Å². The second-order valence-electron chi connectivity index (χ2n) is 4.34. The molecule has 1 fully saturated rings. The zero-order chi connectivity index (χ0) is 11.9. The van der Waals surface area contributed by atoms with Gasteiger partial charge in [-0.25, -0.2) is 4.98 Å². The topological polar surface area (TPSA) is 42.4 Å². The Labute approximate surface area is 108 Å². The van der Waals surface area contributed by atoms with Gasteiger partial charge < -0.3 is 9.84 Å². The minimum atomic E-state index is -0.197. The van der Waals surface area contributed by atoms with E-state index in [0.29, 0.717) is 13.2 Å². The third-order valence-corrected chi connectivity index (χ3v) is 5.51. The fourth-order valence-electron chi connectivity index (χ4n) is 2.04. The number of aromatic nitrogens is 1. The molecule has 0 amide bonds. The van der Waals surface area contributed by atoms with Crippen LogP contribution in [0.3, 0.4) is 0 Å². The summed E-state index contributed by atoms with van der Waals surface area (Å²) in [7, 11) is 0. The van der Waals surface area contributed by atoms with Gasteiger partial charge in [0.2, 0.25) is 0 Å². The lowest BCUT2D eigenvalue weighted by Gasteiger charge is -2.39. The molecule has 3 heterocycles. The molecule has 3 rings (SSSR count). The number of thiazole rings is 1. The maximum atomic E-state index is 9.56. The van der Waals surface area contributed by atoms with E-state index in [2.05, 4.69) is 16.4 Å². The van der Waals surface area contributed by atoms with E-state index < -0.39 is 0 Å². The van der Waals surface area contributed by atoms with Crippen molar-refractivity contribution in [3.05, 3.63) is 28.1 Å². The molecule has 0 radical (unpaired) electrons. The monoisotopic (exact) mass is 267 g/mol. The lowest BCUT2D eigenvalue weighted by atomic mass is 9.84. The average Bonchev–Trinajstić information content (AvgIpc) is 2.87. The first kappa shape index (κ1) is 11.3. The summed E-state index contributed by atoms with van der Waals surface area (Å²) in [5.74, 6) is 0. The van der Waals surface area contributed by atoms with Gasteiger partial charge in [-0.1, -0.05) is 6.07 Å². The first-order valence-electron chi connectivity index (χ1n) is 5.45. The van der Waals surface area contributed by atoms with E-state index in [4.69, 9.17) is 4.74 Å². The molecule has 1 saturated heterocycles. The quantitative estimate of drug-likeness (QED) is 0.929. The standard InChI is InChI=1S/C12H13NO2S2/c1-8-10(12(5-14)6-15-7-12)17-11(13-8)9-3-2-4-16-9/h2-4,14H,5-7H2,1H3.